The predicted octanol–water partition coefficient (Wildman–Crippen LogP) is 2.56. The Morgan fingerprint density at radius 3 is 2.62 bits per heavy atom. The molecule has 1 heterocycles. The number of benzene rings is 1. The smallest absolute Gasteiger partial charge is 0.264 e. The van der Waals surface area contributed by atoms with Crippen molar-refractivity contribution in [2.45, 2.75) is 19.9 Å². The van der Waals surface area contributed by atoms with E-state index in [-0.39, 0.29) is 17.4 Å². The van der Waals surface area contributed by atoms with E-state index in [1.165, 1.54) is 12.1 Å². The molecule has 16 heavy (non-hydrogen) atoms. The van der Waals surface area contributed by atoms with E-state index in [1.54, 1.807) is 22.9 Å². The summed E-state index contributed by atoms with van der Waals surface area (Å²) in [6.45, 7) is 3.86. The monoisotopic (exact) mass is 220 g/mol. The Bertz CT molecular complexity index is 554. The predicted molar refractivity (Wildman–Crippen MR) is 60.8 cm³/mol. The molecule has 2 aromatic rings. The van der Waals surface area contributed by atoms with Crippen molar-refractivity contribution in [1.82, 2.24) is 9.78 Å². The molecule has 0 saturated heterocycles. The quantitative estimate of drug-likeness (QED) is 0.829. The van der Waals surface area contributed by atoms with Crippen molar-refractivity contribution in [3.05, 3.63) is 46.5 Å². The summed E-state index contributed by atoms with van der Waals surface area (Å²) in [5.74, 6) is -0.323. The molecule has 1 N–H and O–H groups in total. The van der Waals surface area contributed by atoms with E-state index in [1.807, 2.05) is 13.8 Å². The van der Waals surface area contributed by atoms with Crippen LogP contribution in [0, 0.1) is 5.82 Å². The van der Waals surface area contributed by atoms with Crippen LogP contribution in [-0.2, 0) is 0 Å². The number of hydrogen-bond donors (Lipinski definition) is 1. The molecular weight excluding hydrogens is 207 g/mol. The van der Waals surface area contributed by atoms with E-state index in [4.69, 9.17) is 0 Å². The van der Waals surface area contributed by atoms with Crippen LogP contribution in [0.15, 0.2) is 35.1 Å². The first-order valence-corrected chi connectivity index (χ1v) is 5.16. The molecule has 0 atom stereocenters. The fraction of sp³-hybridized carbons (Fsp3) is 0.250. The molecular formula is C12H13FN2O. The first-order valence-electron chi connectivity index (χ1n) is 5.16. The summed E-state index contributed by atoms with van der Waals surface area (Å²) in [7, 11) is 0. The van der Waals surface area contributed by atoms with Crippen LogP contribution in [0.4, 0.5) is 4.39 Å². The zero-order chi connectivity index (χ0) is 11.7. The Hall–Kier alpha value is -1.84. The first kappa shape index (κ1) is 10.7. The van der Waals surface area contributed by atoms with Gasteiger partial charge < -0.3 is 0 Å². The van der Waals surface area contributed by atoms with Crippen LogP contribution < -0.4 is 5.56 Å². The normalized spacial score (nSPS) is 11.0. The van der Waals surface area contributed by atoms with Crippen LogP contribution in [-0.4, -0.2) is 9.78 Å². The summed E-state index contributed by atoms with van der Waals surface area (Å²) in [5.41, 5.74) is 0.805. The Kier molecular flexibility index (Phi) is 2.64. The third kappa shape index (κ3) is 1.78. The second kappa shape index (κ2) is 3.96. The molecule has 4 heteroatoms. The summed E-state index contributed by atoms with van der Waals surface area (Å²) < 4.78 is 15.3. The Morgan fingerprint density at radius 1 is 1.31 bits per heavy atom. The second-order valence-electron chi connectivity index (χ2n) is 3.95. The number of halogens is 1. The number of hydrogen-bond acceptors (Lipinski definition) is 1. The third-order valence-corrected chi connectivity index (χ3v) is 2.42. The van der Waals surface area contributed by atoms with Gasteiger partial charge in [0.2, 0.25) is 0 Å². The zero-order valence-electron chi connectivity index (χ0n) is 9.20. The fourth-order valence-corrected chi connectivity index (χ4v) is 1.69. The summed E-state index contributed by atoms with van der Waals surface area (Å²) >= 11 is 0. The minimum absolute atomic E-state index is 0.0808. The molecule has 0 bridgehead atoms. The van der Waals surface area contributed by atoms with Gasteiger partial charge in [-0.25, -0.2) is 4.39 Å². The van der Waals surface area contributed by atoms with E-state index in [2.05, 4.69) is 5.10 Å². The lowest BCUT2D eigenvalue weighted by atomic mass is 10.1. The van der Waals surface area contributed by atoms with Gasteiger partial charge in [0.05, 0.1) is 5.69 Å². The van der Waals surface area contributed by atoms with Crippen molar-refractivity contribution < 1.29 is 4.39 Å². The SMILES string of the molecule is CC(C)n1[nH]c(=O)cc1-c1ccccc1F. The molecule has 84 valence electrons. The van der Waals surface area contributed by atoms with Crippen LogP contribution in [0.1, 0.15) is 19.9 Å². The van der Waals surface area contributed by atoms with E-state index in [0.717, 1.165) is 0 Å². The van der Waals surface area contributed by atoms with Crippen LogP contribution in [0.5, 0.6) is 0 Å². The minimum Gasteiger partial charge on any atom is -0.282 e. The Morgan fingerprint density at radius 2 is 2.00 bits per heavy atom. The summed E-state index contributed by atoms with van der Waals surface area (Å²) in [5, 5.41) is 2.66. The molecule has 2 rings (SSSR count). The Labute approximate surface area is 92.5 Å². The van der Waals surface area contributed by atoms with Gasteiger partial charge >= 0.3 is 0 Å². The van der Waals surface area contributed by atoms with Crippen LogP contribution >= 0.6 is 0 Å². The maximum absolute atomic E-state index is 13.6. The molecule has 3 nitrogen and oxygen atoms in total. The molecule has 0 unspecified atom stereocenters. The van der Waals surface area contributed by atoms with Gasteiger partial charge in [-0.05, 0) is 26.0 Å². The topological polar surface area (TPSA) is 37.8 Å². The van der Waals surface area contributed by atoms with Gasteiger partial charge in [-0.2, -0.15) is 0 Å². The molecule has 0 aliphatic heterocycles. The average Bonchev–Trinajstić information content (AvgIpc) is 2.61. The molecule has 0 amide bonds. The van der Waals surface area contributed by atoms with Crippen LogP contribution in [0.3, 0.4) is 0 Å². The fourth-order valence-electron chi connectivity index (χ4n) is 1.69. The lowest BCUT2D eigenvalue weighted by molar-refractivity contribution is 0.531. The number of H-pyrrole nitrogens is 1. The molecule has 1 aromatic carbocycles. The highest BCUT2D eigenvalue weighted by Gasteiger charge is 2.12. The van der Waals surface area contributed by atoms with Gasteiger partial charge in [0, 0.05) is 17.7 Å². The molecule has 0 radical (unpaired) electrons. The highest BCUT2D eigenvalue weighted by atomic mass is 19.1. The van der Waals surface area contributed by atoms with Gasteiger partial charge in [-0.15, -0.1) is 0 Å². The average molecular weight is 220 g/mol. The number of aromatic nitrogens is 2. The van der Waals surface area contributed by atoms with Gasteiger partial charge in [0.25, 0.3) is 5.56 Å². The van der Waals surface area contributed by atoms with Crippen molar-refractivity contribution in [3.8, 4) is 11.3 Å². The van der Waals surface area contributed by atoms with Gasteiger partial charge in [0.1, 0.15) is 5.82 Å². The van der Waals surface area contributed by atoms with Crippen molar-refractivity contribution in [2.75, 3.05) is 0 Å². The molecule has 0 aliphatic carbocycles. The maximum Gasteiger partial charge on any atom is 0.264 e. The number of aromatic amines is 1. The van der Waals surface area contributed by atoms with Gasteiger partial charge in [0.15, 0.2) is 0 Å². The number of nitrogens with one attached hydrogen (secondary N) is 1. The lowest BCUT2D eigenvalue weighted by Crippen LogP contribution is -2.08. The van der Waals surface area contributed by atoms with Crippen molar-refractivity contribution in [3.63, 3.8) is 0 Å². The van der Waals surface area contributed by atoms with E-state index in [9.17, 15) is 9.18 Å². The van der Waals surface area contributed by atoms with Gasteiger partial charge in [-0.3, -0.25) is 14.6 Å². The molecule has 1 aromatic heterocycles. The van der Waals surface area contributed by atoms with Crippen LogP contribution in [0.25, 0.3) is 11.3 Å². The summed E-state index contributed by atoms with van der Waals surface area (Å²) in [4.78, 5) is 11.3. The largest absolute Gasteiger partial charge is 0.282 e. The van der Waals surface area contributed by atoms with Crippen molar-refractivity contribution >= 4 is 0 Å². The Balaban J connectivity index is 2.64. The molecule has 0 spiro atoms. The summed E-state index contributed by atoms with van der Waals surface area (Å²) in [6, 6.07) is 7.92. The summed E-state index contributed by atoms with van der Waals surface area (Å²) in [6.07, 6.45) is 0. The zero-order valence-corrected chi connectivity index (χ0v) is 9.20. The standard InChI is InChI=1S/C12H13FN2O/c1-8(2)15-11(7-12(16)14-15)9-5-3-4-6-10(9)13/h3-8H,1-2H3,(H,14,16). The number of nitrogens with zero attached hydrogens (tertiary/aromatic N) is 1. The molecule has 0 aliphatic rings. The molecule has 0 saturated carbocycles. The molecule has 0 fully saturated rings. The van der Waals surface area contributed by atoms with E-state index >= 15 is 0 Å². The highest BCUT2D eigenvalue weighted by molar-refractivity contribution is 5.59. The third-order valence-electron chi connectivity index (χ3n) is 2.42. The maximum atomic E-state index is 13.6. The minimum atomic E-state index is -0.323. The second-order valence-corrected chi connectivity index (χ2v) is 3.95. The van der Waals surface area contributed by atoms with Crippen molar-refractivity contribution in [1.29, 1.82) is 0 Å². The van der Waals surface area contributed by atoms with E-state index in [0.29, 0.717) is 11.3 Å². The lowest BCUT2D eigenvalue weighted by Gasteiger charge is -2.12. The first-order chi connectivity index (χ1) is 7.59. The highest BCUT2D eigenvalue weighted by Crippen LogP contribution is 2.23. The van der Waals surface area contributed by atoms with Crippen molar-refractivity contribution in [2.24, 2.45) is 0 Å². The number of rotatable bonds is 2. The van der Waals surface area contributed by atoms with Gasteiger partial charge in [-0.1, -0.05) is 12.1 Å². The van der Waals surface area contributed by atoms with E-state index < -0.39 is 0 Å². The van der Waals surface area contributed by atoms with Crippen LogP contribution in [0.2, 0.25) is 0 Å².